The summed E-state index contributed by atoms with van der Waals surface area (Å²) in [7, 11) is 0. The van der Waals surface area contributed by atoms with E-state index in [-0.39, 0.29) is 11.9 Å². The standard InChI is InChI=1S/C15H14FN5/c1-11(18-14-7-5-13(16)6-8-14)12-3-2-4-15(9-12)21-10-17-19-20-21/h2-11,18H,1H3. The summed E-state index contributed by atoms with van der Waals surface area (Å²) in [5.41, 5.74) is 2.86. The van der Waals surface area contributed by atoms with Crippen LogP contribution in [0.1, 0.15) is 18.5 Å². The molecule has 6 heteroatoms. The van der Waals surface area contributed by atoms with E-state index in [4.69, 9.17) is 0 Å². The number of tetrazole rings is 1. The fraction of sp³-hybridized carbons (Fsp3) is 0.133. The van der Waals surface area contributed by atoms with Crippen LogP contribution in [0, 0.1) is 5.82 Å². The van der Waals surface area contributed by atoms with Crippen molar-refractivity contribution < 1.29 is 4.39 Å². The summed E-state index contributed by atoms with van der Waals surface area (Å²) in [5.74, 6) is -0.242. The highest BCUT2D eigenvalue weighted by Crippen LogP contribution is 2.21. The lowest BCUT2D eigenvalue weighted by atomic mass is 10.1. The number of nitrogens with one attached hydrogen (secondary N) is 1. The van der Waals surface area contributed by atoms with Crippen molar-refractivity contribution in [2.75, 3.05) is 5.32 Å². The van der Waals surface area contributed by atoms with Crippen molar-refractivity contribution in [2.45, 2.75) is 13.0 Å². The van der Waals surface area contributed by atoms with Crippen molar-refractivity contribution in [1.82, 2.24) is 20.2 Å². The third-order valence-corrected chi connectivity index (χ3v) is 3.21. The van der Waals surface area contributed by atoms with E-state index in [1.807, 2.05) is 31.2 Å². The van der Waals surface area contributed by atoms with Gasteiger partial charge in [0, 0.05) is 11.7 Å². The average molecular weight is 283 g/mol. The second-order valence-electron chi connectivity index (χ2n) is 4.72. The molecular weight excluding hydrogens is 269 g/mol. The molecular formula is C15H14FN5. The van der Waals surface area contributed by atoms with E-state index < -0.39 is 0 Å². The number of benzene rings is 2. The third-order valence-electron chi connectivity index (χ3n) is 3.21. The van der Waals surface area contributed by atoms with Gasteiger partial charge in [-0.3, -0.25) is 0 Å². The molecule has 2 aromatic carbocycles. The van der Waals surface area contributed by atoms with Gasteiger partial charge in [0.2, 0.25) is 0 Å². The Morgan fingerprint density at radius 2 is 1.95 bits per heavy atom. The van der Waals surface area contributed by atoms with Gasteiger partial charge < -0.3 is 5.32 Å². The molecule has 0 bridgehead atoms. The summed E-state index contributed by atoms with van der Waals surface area (Å²) in [4.78, 5) is 0. The summed E-state index contributed by atoms with van der Waals surface area (Å²) in [5, 5.41) is 14.5. The van der Waals surface area contributed by atoms with Crippen molar-refractivity contribution >= 4 is 5.69 Å². The molecule has 0 fully saturated rings. The van der Waals surface area contributed by atoms with E-state index in [1.54, 1.807) is 23.1 Å². The Labute approximate surface area is 121 Å². The first-order chi connectivity index (χ1) is 10.2. The van der Waals surface area contributed by atoms with Gasteiger partial charge in [-0.2, -0.15) is 0 Å². The maximum atomic E-state index is 12.9. The van der Waals surface area contributed by atoms with Crippen LogP contribution in [-0.2, 0) is 0 Å². The van der Waals surface area contributed by atoms with Gasteiger partial charge in [-0.1, -0.05) is 12.1 Å². The molecule has 3 rings (SSSR count). The van der Waals surface area contributed by atoms with E-state index in [9.17, 15) is 4.39 Å². The maximum absolute atomic E-state index is 12.9. The minimum Gasteiger partial charge on any atom is -0.379 e. The normalized spacial score (nSPS) is 12.1. The van der Waals surface area contributed by atoms with Crippen LogP contribution in [0.25, 0.3) is 5.69 Å². The summed E-state index contributed by atoms with van der Waals surface area (Å²) < 4.78 is 14.5. The van der Waals surface area contributed by atoms with Gasteiger partial charge in [-0.05, 0) is 59.3 Å². The van der Waals surface area contributed by atoms with Crippen molar-refractivity contribution in [1.29, 1.82) is 0 Å². The number of nitrogens with zero attached hydrogens (tertiary/aromatic N) is 4. The molecule has 0 saturated carbocycles. The van der Waals surface area contributed by atoms with Crippen molar-refractivity contribution in [2.24, 2.45) is 0 Å². The highest BCUT2D eigenvalue weighted by molar-refractivity contribution is 5.46. The van der Waals surface area contributed by atoms with Gasteiger partial charge in [-0.25, -0.2) is 9.07 Å². The minimum atomic E-state index is -0.242. The molecule has 106 valence electrons. The first kappa shape index (κ1) is 13.2. The Bertz CT molecular complexity index is 709. The maximum Gasteiger partial charge on any atom is 0.143 e. The highest BCUT2D eigenvalue weighted by Gasteiger charge is 2.07. The van der Waals surface area contributed by atoms with Crippen LogP contribution in [0.2, 0.25) is 0 Å². The van der Waals surface area contributed by atoms with Crippen LogP contribution in [-0.4, -0.2) is 20.2 Å². The van der Waals surface area contributed by atoms with E-state index >= 15 is 0 Å². The predicted molar refractivity (Wildman–Crippen MR) is 77.6 cm³/mol. The van der Waals surface area contributed by atoms with Gasteiger partial charge >= 0.3 is 0 Å². The van der Waals surface area contributed by atoms with E-state index in [0.717, 1.165) is 16.9 Å². The highest BCUT2D eigenvalue weighted by atomic mass is 19.1. The monoisotopic (exact) mass is 283 g/mol. The zero-order valence-electron chi connectivity index (χ0n) is 11.4. The Balaban J connectivity index is 1.80. The molecule has 0 amide bonds. The average Bonchev–Trinajstić information content (AvgIpc) is 3.04. The van der Waals surface area contributed by atoms with E-state index in [1.165, 1.54) is 12.1 Å². The second kappa shape index (κ2) is 5.70. The molecule has 21 heavy (non-hydrogen) atoms. The first-order valence-corrected chi connectivity index (χ1v) is 6.58. The zero-order chi connectivity index (χ0) is 14.7. The van der Waals surface area contributed by atoms with Gasteiger partial charge in [-0.15, -0.1) is 5.10 Å². The quantitative estimate of drug-likeness (QED) is 0.799. The molecule has 0 aliphatic carbocycles. The number of halogens is 1. The lowest BCUT2D eigenvalue weighted by Gasteiger charge is -2.16. The van der Waals surface area contributed by atoms with Crippen LogP contribution in [0.4, 0.5) is 10.1 Å². The Morgan fingerprint density at radius 1 is 1.14 bits per heavy atom. The molecule has 1 aromatic heterocycles. The number of rotatable bonds is 4. The van der Waals surface area contributed by atoms with Gasteiger partial charge in [0.1, 0.15) is 12.1 Å². The zero-order valence-corrected chi connectivity index (χ0v) is 11.4. The molecule has 5 nitrogen and oxygen atoms in total. The van der Waals surface area contributed by atoms with Crippen molar-refractivity contribution in [3.8, 4) is 5.69 Å². The minimum absolute atomic E-state index is 0.0758. The van der Waals surface area contributed by atoms with Crippen molar-refractivity contribution in [3.05, 3.63) is 66.2 Å². The second-order valence-corrected chi connectivity index (χ2v) is 4.72. The molecule has 0 saturated heterocycles. The smallest absolute Gasteiger partial charge is 0.143 e. The lowest BCUT2D eigenvalue weighted by Crippen LogP contribution is -2.07. The summed E-state index contributed by atoms with van der Waals surface area (Å²) in [6, 6.07) is 14.3. The Hall–Kier alpha value is -2.76. The molecule has 1 heterocycles. The number of aromatic nitrogens is 4. The van der Waals surface area contributed by atoms with Gasteiger partial charge in [0.05, 0.1) is 5.69 Å². The fourth-order valence-corrected chi connectivity index (χ4v) is 2.10. The summed E-state index contributed by atoms with van der Waals surface area (Å²) >= 11 is 0. The largest absolute Gasteiger partial charge is 0.379 e. The molecule has 0 spiro atoms. The SMILES string of the molecule is CC(Nc1ccc(F)cc1)c1cccc(-n2cnnn2)c1. The van der Waals surface area contributed by atoms with Crippen molar-refractivity contribution in [3.63, 3.8) is 0 Å². The topological polar surface area (TPSA) is 55.6 Å². The summed E-state index contributed by atoms with van der Waals surface area (Å²) in [6.45, 7) is 2.04. The van der Waals surface area contributed by atoms with Crippen LogP contribution >= 0.6 is 0 Å². The molecule has 0 radical (unpaired) electrons. The van der Waals surface area contributed by atoms with Gasteiger partial charge in [0.15, 0.2) is 0 Å². The van der Waals surface area contributed by atoms with Crippen LogP contribution in [0.5, 0.6) is 0 Å². The lowest BCUT2D eigenvalue weighted by molar-refractivity contribution is 0.628. The fourth-order valence-electron chi connectivity index (χ4n) is 2.10. The van der Waals surface area contributed by atoms with E-state index in [2.05, 4.69) is 20.8 Å². The van der Waals surface area contributed by atoms with Crippen LogP contribution in [0.3, 0.4) is 0 Å². The molecule has 3 aromatic rings. The molecule has 0 aliphatic heterocycles. The predicted octanol–water partition coefficient (Wildman–Crippen LogP) is 2.97. The molecule has 1 N–H and O–H groups in total. The Kier molecular flexibility index (Phi) is 3.59. The first-order valence-electron chi connectivity index (χ1n) is 6.58. The van der Waals surface area contributed by atoms with Crippen LogP contribution < -0.4 is 5.32 Å². The Morgan fingerprint density at radius 3 is 2.67 bits per heavy atom. The molecule has 1 atom stereocenters. The number of hydrogen-bond donors (Lipinski definition) is 1. The number of anilines is 1. The van der Waals surface area contributed by atoms with Crippen LogP contribution in [0.15, 0.2) is 54.9 Å². The summed E-state index contributed by atoms with van der Waals surface area (Å²) in [6.07, 6.45) is 1.55. The number of hydrogen-bond acceptors (Lipinski definition) is 4. The molecule has 0 aliphatic rings. The van der Waals surface area contributed by atoms with Gasteiger partial charge in [0.25, 0.3) is 0 Å². The third kappa shape index (κ3) is 3.05. The molecule has 1 unspecified atom stereocenters. The van der Waals surface area contributed by atoms with E-state index in [0.29, 0.717) is 0 Å².